The lowest BCUT2D eigenvalue weighted by atomic mass is 10.1. The highest BCUT2D eigenvalue weighted by Crippen LogP contribution is 2.14. The van der Waals surface area contributed by atoms with Crippen molar-refractivity contribution in [1.82, 2.24) is 0 Å². The normalized spacial score (nSPS) is 9.41. The molecule has 22 heavy (non-hydrogen) atoms. The van der Waals surface area contributed by atoms with Gasteiger partial charge in [0.1, 0.15) is 0 Å². The molecule has 0 heterocycles. The Morgan fingerprint density at radius 1 is 1.05 bits per heavy atom. The van der Waals surface area contributed by atoms with Gasteiger partial charge in [-0.15, -0.1) is 6.42 Å². The number of nitrogens with one attached hydrogen (secondary N) is 2. The molecule has 2 N–H and O–H groups in total. The number of hydrogen-bond donors (Lipinski definition) is 2. The Labute approximate surface area is 128 Å². The Morgan fingerprint density at radius 2 is 1.77 bits per heavy atom. The van der Waals surface area contributed by atoms with Crippen molar-refractivity contribution in [2.24, 2.45) is 0 Å². The Hall–Kier alpha value is -3.32. The van der Waals surface area contributed by atoms with E-state index in [1.165, 1.54) is 6.08 Å². The van der Waals surface area contributed by atoms with E-state index in [9.17, 15) is 9.59 Å². The lowest BCUT2D eigenvalue weighted by Gasteiger charge is -2.07. The van der Waals surface area contributed by atoms with E-state index in [4.69, 9.17) is 6.42 Å². The molecule has 2 aromatic carbocycles. The molecular weight excluding hydrogens is 276 g/mol. The van der Waals surface area contributed by atoms with Crippen LogP contribution in [0.15, 0.2) is 61.2 Å². The summed E-state index contributed by atoms with van der Waals surface area (Å²) in [6, 6.07) is 13.6. The number of rotatable bonds is 4. The topological polar surface area (TPSA) is 58.2 Å². The second-order valence-corrected chi connectivity index (χ2v) is 4.45. The van der Waals surface area contributed by atoms with Crippen LogP contribution in [0, 0.1) is 12.3 Å². The summed E-state index contributed by atoms with van der Waals surface area (Å²) >= 11 is 0. The third-order valence-corrected chi connectivity index (χ3v) is 2.89. The fourth-order valence-electron chi connectivity index (χ4n) is 1.79. The molecule has 0 aromatic heterocycles. The van der Waals surface area contributed by atoms with Crippen molar-refractivity contribution in [3.8, 4) is 12.3 Å². The second kappa shape index (κ2) is 6.91. The van der Waals surface area contributed by atoms with Gasteiger partial charge in [0.2, 0.25) is 5.91 Å². The molecule has 2 aromatic rings. The monoisotopic (exact) mass is 290 g/mol. The van der Waals surface area contributed by atoms with Crippen molar-refractivity contribution in [3.05, 3.63) is 72.3 Å². The number of amides is 2. The summed E-state index contributed by atoms with van der Waals surface area (Å²) in [5.74, 6) is 1.96. The van der Waals surface area contributed by atoms with Crippen LogP contribution in [-0.2, 0) is 4.79 Å². The van der Waals surface area contributed by atoms with Crippen LogP contribution in [0.3, 0.4) is 0 Å². The van der Waals surface area contributed by atoms with Crippen LogP contribution in [0.5, 0.6) is 0 Å². The minimum absolute atomic E-state index is 0.254. The summed E-state index contributed by atoms with van der Waals surface area (Å²) in [7, 11) is 0. The summed E-state index contributed by atoms with van der Waals surface area (Å²) in [6.07, 6.45) is 6.50. The van der Waals surface area contributed by atoms with Gasteiger partial charge in [0.15, 0.2) is 0 Å². The molecule has 0 atom stereocenters. The standard InChI is InChI=1S/C18H14N2O2/c1-3-13-6-5-7-16(12-13)20-18(22)14-8-10-15(11-9-14)19-17(21)4-2/h1,4-12H,2H2,(H,19,21)(H,20,22). The first kappa shape index (κ1) is 15.1. The summed E-state index contributed by atoms with van der Waals surface area (Å²) in [4.78, 5) is 23.3. The number of anilines is 2. The third-order valence-electron chi connectivity index (χ3n) is 2.89. The van der Waals surface area contributed by atoms with E-state index >= 15 is 0 Å². The lowest BCUT2D eigenvalue weighted by Crippen LogP contribution is -2.12. The fraction of sp³-hybridized carbons (Fsp3) is 0. The summed E-state index contributed by atoms with van der Waals surface area (Å²) in [5, 5.41) is 5.38. The average Bonchev–Trinajstić information content (AvgIpc) is 2.55. The zero-order chi connectivity index (χ0) is 15.9. The first-order chi connectivity index (χ1) is 10.6. The third kappa shape index (κ3) is 3.84. The molecule has 2 amide bonds. The molecule has 0 unspecified atom stereocenters. The van der Waals surface area contributed by atoms with Gasteiger partial charge < -0.3 is 10.6 Å². The maximum atomic E-state index is 12.1. The van der Waals surface area contributed by atoms with Gasteiger partial charge in [0, 0.05) is 22.5 Å². The van der Waals surface area contributed by atoms with Crippen molar-refractivity contribution in [1.29, 1.82) is 0 Å². The minimum atomic E-state index is -0.302. The van der Waals surface area contributed by atoms with Crippen LogP contribution in [0.25, 0.3) is 0 Å². The van der Waals surface area contributed by atoms with Crippen molar-refractivity contribution in [2.75, 3.05) is 10.6 Å². The van der Waals surface area contributed by atoms with Crippen LogP contribution < -0.4 is 10.6 Å². The van der Waals surface area contributed by atoms with E-state index < -0.39 is 0 Å². The van der Waals surface area contributed by atoms with E-state index in [0.717, 1.165) is 0 Å². The Kier molecular flexibility index (Phi) is 4.74. The van der Waals surface area contributed by atoms with Crippen LogP contribution in [0.2, 0.25) is 0 Å². The molecular formula is C18H14N2O2. The smallest absolute Gasteiger partial charge is 0.255 e. The molecule has 2 rings (SSSR count). The van der Waals surface area contributed by atoms with Gasteiger partial charge in [-0.3, -0.25) is 9.59 Å². The average molecular weight is 290 g/mol. The number of terminal acetylenes is 1. The highest BCUT2D eigenvalue weighted by atomic mass is 16.2. The van der Waals surface area contributed by atoms with E-state index in [0.29, 0.717) is 22.5 Å². The van der Waals surface area contributed by atoms with Crippen LogP contribution in [-0.4, -0.2) is 11.8 Å². The maximum Gasteiger partial charge on any atom is 0.255 e. The molecule has 0 aliphatic rings. The Balaban J connectivity index is 2.08. The molecule has 0 saturated carbocycles. The number of carbonyl (C=O) groups is 2. The number of benzene rings is 2. The lowest BCUT2D eigenvalue weighted by molar-refractivity contribution is -0.111. The van der Waals surface area contributed by atoms with Crippen molar-refractivity contribution in [3.63, 3.8) is 0 Å². The largest absolute Gasteiger partial charge is 0.323 e. The second-order valence-electron chi connectivity index (χ2n) is 4.45. The highest BCUT2D eigenvalue weighted by Gasteiger charge is 2.06. The van der Waals surface area contributed by atoms with E-state index in [1.54, 1.807) is 48.5 Å². The molecule has 0 bridgehead atoms. The van der Waals surface area contributed by atoms with E-state index in [-0.39, 0.29) is 11.8 Å². The number of carbonyl (C=O) groups excluding carboxylic acids is 2. The van der Waals surface area contributed by atoms with E-state index in [1.807, 2.05) is 0 Å². The molecule has 0 radical (unpaired) electrons. The van der Waals surface area contributed by atoms with Crippen LogP contribution in [0.4, 0.5) is 11.4 Å². The predicted octanol–water partition coefficient (Wildman–Crippen LogP) is 3.04. The first-order valence-corrected chi connectivity index (χ1v) is 6.54. The number of hydrogen-bond acceptors (Lipinski definition) is 2. The van der Waals surface area contributed by atoms with Crippen LogP contribution >= 0.6 is 0 Å². The maximum absolute atomic E-state index is 12.1. The summed E-state index contributed by atoms with van der Waals surface area (Å²) in [5.41, 5.74) is 2.39. The molecule has 4 nitrogen and oxygen atoms in total. The predicted molar refractivity (Wildman–Crippen MR) is 87.6 cm³/mol. The van der Waals surface area contributed by atoms with Crippen LogP contribution in [0.1, 0.15) is 15.9 Å². The van der Waals surface area contributed by atoms with Gasteiger partial charge in [-0.05, 0) is 48.5 Å². The van der Waals surface area contributed by atoms with Gasteiger partial charge in [-0.25, -0.2) is 0 Å². The first-order valence-electron chi connectivity index (χ1n) is 6.54. The summed E-state index contributed by atoms with van der Waals surface area (Å²) in [6.45, 7) is 3.37. The van der Waals surface area contributed by atoms with Gasteiger partial charge in [0.25, 0.3) is 5.91 Å². The zero-order valence-electron chi connectivity index (χ0n) is 11.8. The molecule has 4 heteroatoms. The molecule has 108 valence electrons. The Morgan fingerprint density at radius 3 is 2.41 bits per heavy atom. The molecule has 0 aliphatic heterocycles. The quantitative estimate of drug-likeness (QED) is 0.671. The van der Waals surface area contributed by atoms with Gasteiger partial charge in [-0.2, -0.15) is 0 Å². The molecule has 0 aliphatic carbocycles. The van der Waals surface area contributed by atoms with Gasteiger partial charge >= 0.3 is 0 Å². The van der Waals surface area contributed by atoms with Crippen molar-refractivity contribution >= 4 is 23.2 Å². The van der Waals surface area contributed by atoms with Gasteiger partial charge in [0.05, 0.1) is 0 Å². The van der Waals surface area contributed by atoms with Gasteiger partial charge in [-0.1, -0.05) is 18.6 Å². The Bertz CT molecular complexity index is 755. The highest BCUT2D eigenvalue weighted by molar-refractivity contribution is 6.05. The zero-order valence-corrected chi connectivity index (χ0v) is 11.8. The van der Waals surface area contributed by atoms with Crippen molar-refractivity contribution < 1.29 is 9.59 Å². The molecule has 0 spiro atoms. The summed E-state index contributed by atoms with van der Waals surface area (Å²) < 4.78 is 0. The molecule has 0 saturated heterocycles. The SMILES string of the molecule is C#Cc1cccc(NC(=O)c2ccc(NC(=O)C=C)cc2)c1. The molecule has 0 fully saturated rings. The minimum Gasteiger partial charge on any atom is -0.323 e. The fourth-order valence-corrected chi connectivity index (χ4v) is 1.79. The van der Waals surface area contributed by atoms with E-state index in [2.05, 4.69) is 23.1 Å². The van der Waals surface area contributed by atoms with Crippen molar-refractivity contribution in [2.45, 2.75) is 0 Å².